The van der Waals surface area contributed by atoms with E-state index in [9.17, 15) is 14.4 Å². The highest BCUT2D eigenvalue weighted by Gasteiger charge is 2.38. The Kier molecular flexibility index (Phi) is 8.32. The molecule has 0 radical (unpaired) electrons. The van der Waals surface area contributed by atoms with E-state index in [1.165, 1.54) is 23.8 Å². The maximum Gasteiger partial charge on any atom is 0.411 e. The number of pyridine rings is 2. The Labute approximate surface area is 242 Å². The molecule has 5 rings (SSSR count). The molecule has 11 nitrogen and oxygen atoms in total. The second-order valence-corrected chi connectivity index (χ2v) is 12.1. The highest BCUT2D eigenvalue weighted by molar-refractivity contribution is 8.00. The van der Waals surface area contributed by atoms with E-state index < -0.39 is 17.7 Å². The molecule has 3 amide bonds. The van der Waals surface area contributed by atoms with Crippen LogP contribution in [0.25, 0.3) is 11.0 Å². The number of carbonyl (C=O) groups excluding carboxylic acids is 3. The smallest absolute Gasteiger partial charge is 0.411 e. The second kappa shape index (κ2) is 11.9. The molecule has 0 aliphatic carbocycles. The predicted octanol–water partition coefficient (Wildman–Crippen LogP) is 4.18. The molecule has 0 unspecified atom stereocenters. The summed E-state index contributed by atoms with van der Waals surface area (Å²) in [6, 6.07) is 10.4. The van der Waals surface area contributed by atoms with E-state index in [2.05, 4.69) is 25.9 Å². The fraction of sp³-hybridized carbons (Fsp3) is 0.414. The molecule has 41 heavy (non-hydrogen) atoms. The lowest BCUT2D eigenvalue weighted by Crippen LogP contribution is -2.57. The predicted molar refractivity (Wildman–Crippen MR) is 157 cm³/mol. The van der Waals surface area contributed by atoms with Gasteiger partial charge in [0.05, 0.1) is 29.8 Å². The SMILES string of the molecule is COc1ccc2nccc(NC(=O)[C@H]3CC[C@H](NCc4ccc5c(c4)NC(=O)CS5)CN3C(=O)OC(C)(C)C)c2n1. The zero-order valence-electron chi connectivity index (χ0n) is 23.5. The third-order valence-corrected chi connectivity index (χ3v) is 7.88. The largest absolute Gasteiger partial charge is 0.481 e. The maximum atomic E-state index is 13.6. The fourth-order valence-electron chi connectivity index (χ4n) is 4.87. The molecular formula is C29H34N6O5S. The van der Waals surface area contributed by atoms with Gasteiger partial charge in [-0.2, -0.15) is 0 Å². The molecule has 12 heteroatoms. The number of nitrogens with zero attached hydrogens (tertiary/aromatic N) is 3. The van der Waals surface area contributed by atoms with E-state index in [0.29, 0.717) is 54.3 Å². The Morgan fingerprint density at radius 1 is 1.17 bits per heavy atom. The number of nitrogens with one attached hydrogen (secondary N) is 3. The van der Waals surface area contributed by atoms with Crippen LogP contribution in [0.4, 0.5) is 16.2 Å². The minimum absolute atomic E-state index is 0.00751. The Balaban J connectivity index is 1.30. The molecular weight excluding hydrogens is 544 g/mol. The molecule has 2 atom stereocenters. The first-order valence-corrected chi connectivity index (χ1v) is 14.5. The standard InChI is InChI=1S/C29H34N6O5S/c1-29(2,3)40-28(38)35-15-18(31-14-17-5-9-23-21(13-17)32-24(36)16-41-23)6-8-22(35)27(37)33-20-11-12-30-19-7-10-25(39-4)34-26(19)20/h5,7,9-13,18,22,31H,6,8,14-16H2,1-4H3,(H,32,36)(H,30,33,37)/t18-,22+/m0/s1. The topological polar surface area (TPSA) is 135 Å². The number of likely N-dealkylation sites (tertiary alicyclic amines) is 1. The molecule has 1 aromatic carbocycles. The summed E-state index contributed by atoms with van der Waals surface area (Å²) in [5, 5.41) is 9.39. The number of thioether (sulfide) groups is 1. The maximum absolute atomic E-state index is 13.6. The molecule has 2 aromatic heterocycles. The summed E-state index contributed by atoms with van der Waals surface area (Å²) >= 11 is 1.52. The quantitative estimate of drug-likeness (QED) is 0.394. The van der Waals surface area contributed by atoms with Crippen LogP contribution in [0.15, 0.2) is 47.5 Å². The van der Waals surface area contributed by atoms with Gasteiger partial charge >= 0.3 is 6.09 Å². The number of hydrogen-bond acceptors (Lipinski definition) is 9. The van der Waals surface area contributed by atoms with Crippen LogP contribution in [-0.4, -0.2) is 69.9 Å². The molecule has 4 heterocycles. The van der Waals surface area contributed by atoms with E-state index in [1.54, 1.807) is 45.2 Å². The number of carbonyl (C=O) groups is 3. The molecule has 1 saturated heterocycles. The number of fused-ring (bicyclic) bond motifs is 2. The number of methoxy groups -OCH3 is 1. The number of amides is 3. The summed E-state index contributed by atoms with van der Waals surface area (Å²) in [5.74, 6) is 0.494. The Bertz CT molecular complexity index is 1480. The second-order valence-electron chi connectivity index (χ2n) is 11.0. The summed E-state index contributed by atoms with van der Waals surface area (Å²) in [6.45, 7) is 6.25. The first kappa shape index (κ1) is 28.6. The normalized spacial score (nSPS) is 18.8. The first-order valence-electron chi connectivity index (χ1n) is 13.5. The molecule has 1 fully saturated rings. The van der Waals surface area contributed by atoms with Crippen LogP contribution >= 0.6 is 11.8 Å². The molecule has 0 spiro atoms. The third kappa shape index (κ3) is 6.88. The van der Waals surface area contributed by atoms with Crippen LogP contribution in [0.3, 0.4) is 0 Å². The summed E-state index contributed by atoms with van der Waals surface area (Å²) in [6.07, 6.45) is 2.18. The number of piperidine rings is 1. The van der Waals surface area contributed by atoms with Crippen LogP contribution in [0.5, 0.6) is 5.88 Å². The van der Waals surface area contributed by atoms with E-state index in [0.717, 1.165) is 16.1 Å². The highest BCUT2D eigenvalue weighted by atomic mass is 32.2. The van der Waals surface area contributed by atoms with Crippen LogP contribution in [0.1, 0.15) is 39.2 Å². The van der Waals surface area contributed by atoms with Crippen LogP contribution in [0.2, 0.25) is 0 Å². The van der Waals surface area contributed by atoms with Gasteiger partial charge in [-0.05, 0) is 63.4 Å². The molecule has 2 aliphatic heterocycles. The molecule has 216 valence electrons. The van der Waals surface area contributed by atoms with Crippen molar-refractivity contribution in [1.29, 1.82) is 0 Å². The van der Waals surface area contributed by atoms with Gasteiger partial charge in [0.15, 0.2) is 0 Å². The number of ether oxygens (including phenoxy) is 2. The van der Waals surface area contributed by atoms with Gasteiger partial charge in [0.25, 0.3) is 0 Å². The van der Waals surface area contributed by atoms with Gasteiger partial charge < -0.3 is 25.4 Å². The van der Waals surface area contributed by atoms with Crippen LogP contribution in [0, 0.1) is 0 Å². The van der Waals surface area contributed by atoms with E-state index >= 15 is 0 Å². The molecule has 0 bridgehead atoms. The zero-order chi connectivity index (χ0) is 29.1. The minimum atomic E-state index is -0.729. The van der Waals surface area contributed by atoms with Gasteiger partial charge in [-0.15, -0.1) is 11.8 Å². The third-order valence-electron chi connectivity index (χ3n) is 6.81. The Morgan fingerprint density at radius 2 is 2.00 bits per heavy atom. The molecule has 2 aliphatic rings. The van der Waals surface area contributed by atoms with Crippen molar-refractivity contribution in [2.24, 2.45) is 0 Å². The minimum Gasteiger partial charge on any atom is -0.481 e. The highest BCUT2D eigenvalue weighted by Crippen LogP contribution is 2.32. The van der Waals surface area contributed by atoms with E-state index in [-0.39, 0.29) is 17.9 Å². The monoisotopic (exact) mass is 578 g/mol. The van der Waals surface area contributed by atoms with Gasteiger partial charge in [0.2, 0.25) is 17.7 Å². The van der Waals surface area contributed by atoms with Gasteiger partial charge in [0, 0.05) is 36.3 Å². The number of hydrogen-bond donors (Lipinski definition) is 3. The van der Waals surface area contributed by atoms with Crippen molar-refractivity contribution in [2.75, 3.05) is 30.0 Å². The lowest BCUT2D eigenvalue weighted by Gasteiger charge is -2.39. The zero-order valence-corrected chi connectivity index (χ0v) is 24.3. The van der Waals surface area contributed by atoms with Gasteiger partial charge in [0.1, 0.15) is 17.2 Å². The van der Waals surface area contributed by atoms with Gasteiger partial charge in [-0.1, -0.05) is 6.07 Å². The average molecular weight is 579 g/mol. The lowest BCUT2D eigenvalue weighted by atomic mass is 9.97. The van der Waals surface area contributed by atoms with Crippen molar-refractivity contribution in [3.63, 3.8) is 0 Å². The number of rotatable bonds is 6. The van der Waals surface area contributed by atoms with Crippen molar-refractivity contribution in [2.45, 2.75) is 62.7 Å². The fourth-order valence-corrected chi connectivity index (χ4v) is 5.66. The molecule has 0 saturated carbocycles. The summed E-state index contributed by atoms with van der Waals surface area (Å²) < 4.78 is 10.9. The summed E-state index contributed by atoms with van der Waals surface area (Å²) in [7, 11) is 1.52. The Morgan fingerprint density at radius 3 is 2.78 bits per heavy atom. The van der Waals surface area contributed by atoms with Crippen molar-refractivity contribution < 1.29 is 23.9 Å². The van der Waals surface area contributed by atoms with Crippen molar-refractivity contribution in [1.82, 2.24) is 20.2 Å². The lowest BCUT2D eigenvalue weighted by molar-refractivity contribution is -0.122. The number of benzene rings is 1. The van der Waals surface area contributed by atoms with Crippen molar-refractivity contribution in [3.05, 3.63) is 48.2 Å². The van der Waals surface area contributed by atoms with Crippen molar-refractivity contribution in [3.8, 4) is 5.88 Å². The summed E-state index contributed by atoms with van der Waals surface area (Å²) in [5.41, 5.74) is 2.71. The molecule has 3 N–H and O–H groups in total. The van der Waals surface area contributed by atoms with E-state index in [1.807, 2.05) is 18.2 Å². The summed E-state index contributed by atoms with van der Waals surface area (Å²) in [4.78, 5) is 50.0. The van der Waals surface area contributed by atoms with Gasteiger partial charge in [-0.25, -0.2) is 9.78 Å². The van der Waals surface area contributed by atoms with Crippen molar-refractivity contribution >= 4 is 52.1 Å². The number of aromatic nitrogens is 2. The van der Waals surface area contributed by atoms with Crippen LogP contribution < -0.4 is 20.7 Å². The van der Waals surface area contributed by atoms with Gasteiger partial charge in [-0.3, -0.25) is 19.5 Å². The Hall–Kier alpha value is -3.90. The number of anilines is 2. The molecule has 3 aromatic rings. The van der Waals surface area contributed by atoms with Crippen LogP contribution in [-0.2, 0) is 20.9 Å². The van der Waals surface area contributed by atoms with E-state index in [4.69, 9.17) is 9.47 Å². The average Bonchev–Trinajstić information content (AvgIpc) is 2.94. The first-order chi connectivity index (χ1) is 19.6.